The zero-order chi connectivity index (χ0) is 22.6. The van der Waals surface area contributed by atoms with Gasteiger partial charge in [-0.2, -0.15) is 21.5 Å². The Morgan fingerprint density at radius 1 is 0.848 bits per heavy atom. The molecule has 0 N–H and O–H groups in total. The number of aromatic nitrogens is 2. The molecule has 5 nitrogen and oxygen atoms in total. The van der Waals surface area contributed by atoms with E-state index >= 15 is 0 Å². The molecule has 0 spiro atoms. The van der Waals surface area contributed by atoms with Gasteiger partial charge in [-0.1, -0.05) is 54.1 Å². The minimum absolute atomic E-state index is 0.277. The fraction of sp³-hybridized carbons (Fsp3) is 0.154. The molecular weight excluding hydrogens is 454 g/mol. The van der Waals surface area contributed by atoms with Crippen molar-refractivity contribution in [2.45, 2.75) is 0 Å². The van der Waals surface area contributed by atoms with Crippen molar-refractivity contribution in [3.05, 3.63) is 100 Å². The van der Waals surface area contributed by atoms with Crippen molar-refractivity contribution in [2.24, 2.45) is 0 Å². The lowest BCUT2D eigenvalue weighted by Crippen LogP contribution is -2.35. The van der Waals surface area contributed by atoms with E-state index in [0.717, 1.165) is 41.4 Å². The Kier molecular flexibility index (Phi) is 6.37. The lowest BCUT2D eigenvalue weighted by atomic mass is 10.1. The Balaban J connectivity index is 1.53. The molecule has 0 atom stereocenters. The SMILES string of the molecule is O=c1c(Oc2ccc(-c3ccccc3)cc2)c(N2CCSCC2)cnn1-c1ccc(Cl)cc1. The molecule has 0 unspecified atom stereocenters. The van der Waals surface area contributed by atoms with E-state index in [0.29, 0.717) is 16.5 Å². The van der Waals surface area contributed by atoms with Crippen LogP contribution in [0.25, 0.3) is 16.8 Å². The molecule has 1 saturated heterocycles. The van der Waals surface area contributed by atoms with Gasteiger partial charge in [0, 0.05) is 29.6 Å². The van der Waals surface area contributed by atoms with E-state index in [9.17, 15) is 4.79 Å². The van der Waals surface area contributed by atoms with Crippen LogP contribution in [0.15, 0.2) is 89.9 Å². The van der Waals surface area contributed by atoms with Gasteiger partial charge in [0.1, 0.15) is 11.4 Å². The third-order valence-electron chi connectivity index (χ3n) is 5.52. The number of thioether (sulfide) groups is 1. The van der Waals surface area contributed by atoms with Crippen molar-refractivity contribution < 1.29 is 4.74 Å². The maximum atomic E-state index is 13.5. The highest BCUT2D eigenvalue weighted by Crippen LogP contribution is 2.31. The smallest absolute Gasteiger partial charge is 0.316 e. The summed E-state index contributed by atoms with van der Waals surface area (Å²) in [6.45, 7) is 1.69. The summed E-state index contributed by atoms with van der Waals surface area (Å²) in [6, 6.07) is 25.0. The zero-order valence-corrected chi connectivity index (χ0v) is 19.4. The average molecular weight is 476 g/mol. The van der Waals surface area contributed by atoms with Crippen LogP contribution in [-0.4, -0.2) is 34.4 Å². The van der Waals surface area contributed by atoms with Crippen LogP contribution in [0, 0.1) is 0 Å². The number of rotatable bonds is 5. The Labute approximate surface area is 201 Å². The molecule has 1 aromatic heterocycles. The number of anilines is 1. The maximum absolute atomic E-state index is 13.5. The quantitative estimate of drug-likeness (QED) is 0.359. The van der Waals surface area contributed by atoms with Gasteiger partial charge in [0.15, 0.2) is 0 Å². The van der Waals surface area contributed by atoms with Crippen LogP contribution in [0.1, 0.15) is 0 Å². The molecule has 1 fully saturated rings. The van der Waals surface area contributed by atoms with E-state index in [4.69, 9.17) is 16.3 Å². The van der Waals surface area contributed by atoms with Gasteiger partial charge >= 0.3 is 5.56 Å². The second-order valence-electron chi connectivity index (χ2n) is 7.64. The summed E-state index contributed by atoms with van der Waals surface area (Å²) in [5.41, 5.74) is 3.27. The lowest BCUT2D eigenvalue weighted by Gasteiger charge is -2.29. The number of benzene rings is 3. The fourth-order valence-corrected chi connectivity index (χ4v) is 4.81. The first-order valence-corrected chi connectivity index (χ1v) is 12.3. The Morgan fingerprint density at radius 2 is 1.52 bits per heavy atom. The van der Waals surface area contributed by atoms with E-state index < -0.39 is 0 Å². The molecule has 0 radical (unpaired) electrons. The molecule has 0 saturated carbocycles. The Bertz CT molecular complexity index is 1290. The van der Waals surface area contributed by atoms with Gasteiger partial charge in [-0.3, -0.25) is 4.79 Å². The van der Waals surface area contributed by atoms with E-state index in [2.05, 4.69) is 22.1 Å². The molecule has 2 heterocycles. The molecule has 3 aromatic carbocycles. The first-order valence-electron chi connectivity index (χ1n) is 10.7. The van der Waals surface area contributed by atoms with Crippen LogP contribution in [0.2, 0.25) is 5.02 Å². The normalized spacial score (nSPS) is 13.7. The number of ether oxygens (including phenoxy) is 1. The molecule has 4 aromatic rings. The molecule has 0 bridgehead atoms. The van der Waals surface area contributed by atoms with Gasteiger partial charge in [-0.25, -0.2) is 0 Å². The van der Waals surface area contributed by atoms with Crippen molar-refractivity contribution in [3.8, 4) is 28.3 Å². The van der Waals surface area contributed by atoms with E-state index in [1.807, 2.05) is 54.2 Å². The minimum Gasteiger partial charge on any atom is -0.449 e. The van der Waals surface area contributed by atoms with Crippen molar-refractivity contribution in [1.82, 2.24) is 9.78 Å². The van der Waals surface area contributed by atoms with E-state index in [-0.39, 0.29) is 11.3 Å². The van der Waals surface area contributed by atoms with Gasteiger partial charge in [0.05, 0.1) is 11.9 Å². The van der Waals surface area contributed by atoms with Gasteiger partial charge in [0.2, 0.25) is 5.75 Å². The van der Waals surface area contributed by atoms with Crippen LogP contribution >= 0.6 is 23.4 Å². The maximum Gasteiger partial charge on any atom is 0.316 e. The summed E-state index contributed by atoms with van der Waals surface area (Å²) in [4.78, 5) is 15.7. The van der Waals surface area contributed by atoms with Gasteiger partial charge < -0.3 is 9.64 Å². The second kappa shape index (κ2) is 9.73. The third kappa shape index (κ3) is 4.77. The van der Waals surface area contributed by atoms with Crippen molar-refractivity contribution in [1.29, 1.82) is 0 Å². The number of hydrogen-bond acceptors (Lipinski definition) is 5. The molecule has 1 aliphatic rings. The van der Waals surface area contributed by atoms with Crippen molar-refractivity contribution in [3.63, 3.8) is 0 Å². The zero-order valence-electron chi connectivity index (χ0n) is 17.9. The molecule has 7 heteroatoms. The van der Waals surface area contributed by atoms with E-state index in [1.54, 1.807) is 30.5 Å². The van der Waals surface area contributed by atoms with Gasteiger partial charge in [-0.15, -0.1) is 0 Å². The summed E-state index contributed by atoms with van der Waals surface area (Å²) in [7, 11) is 0. The molecule has 0 aliphatic carbocycles. The standard InChI is InChI=1S/C26H22ClN3O2S/c27-21-8-10-22(11-9-21)30-26(31)25(24(18-28-30)29-14-16-33-17-15-29)32-23-12-6-20(7-13-23)19-4-2-1-3-5-19/h1-13,18H,14-17H2. The van der Waals surface area contributed by atoms with Crippen molar-refractivity contribution in [2.75, 3.05) is 29.5 Å². The summed E-state index contributed by atoms with van der Waals surface area (Å²) in [6.07, 6.45) is 1.72. The molecule has 5 rings (SSSR count). The van der Waals surface area contributed by atoms with Crippen LogP contribution < -0.4 is 15.2 Å². The first-order chi connectivity index (χ1) is 16.2. The predicted molar refractivity (Wildman–Crippen MR) is 136 cm³/mol. The number of hydrogen-bond donors (Lipinski definition) is 0. The molecule has 166 valence electrons. The first kappa shape index (κ1) is 21.6. The van der Waals surface area contributed by atoms with Crippen LogP contribution in [0.3, 0.4) is 0 Å². The highest BCUT2D eigenvalue weighted by molar-refractivity contribution is 7.99. The fourth-order valence-electron chi connectivity index (χ4n) is 3.78. The molecule has 0 amide bonds. The van der Waals surface area contributed by atoms with E-state index in [1.165, 1.54) is 4.68 Å². The summed E-state index contributed by atoms with van der Waals surface area (Å²) in [5, 5.41) is 5.04. The van der Waals surface area contributed by atoms with Gasteiger partial charge in [0.25, 0.3) is 0 Å². The molecular formula is C26H22ClN3O2S. The third-order valence-corrected chi connectivity index (χ3v) is 6.71. The lowest BCUT2D eigenvalue weighted by molar-refractivity contribution is 0.467. The second-order valence-corrected chi connectivity index (χ2v) is 9.31. The monoisotopic (exact) mass is 475 g/mol. The Morgan fingerprint density at radius 3 is 2.21 bits per heavy atom. The highest BCUT2D eigenvalue weighted by Gasteiger charge is 2.21. The summed E-state index contributed by atoms with van der Waals surface area (Å²) < 4.78 is 7.58. The van der Waals surface area contributed by atoms with Crippen LogP contribution in [0.4, 0.5) is 5.69 Å². The van der Waals surface area contributed by atoms with Crippen LogP contribution in [0.5, 0.6) is 11.5 Å². The van der Waals surface area contributed by atoms with Crippen molar-refractivity contribution >= 4 is 29.1 Å². The topological polar surface area (TPSA) is 47.4 Å². The highest BCUT2D eigenvalue weighted by atomic mass is 35.5. The number of halogens is 1. The van der Waals surface area contributed by atoms with Crippen LogP contribution in [-0.2, 0) is 0 Å². The largest absolute Gasteiger partial charge is 0.449 e. The predicted octanol–water partition coefficient (Wildman–Crippen LogP) is 5.90. The molecule has 1 aliphatic heterocycles. The summed E-state index contributed by atoms with van der Waals surface area (Å²) in [5.74, 6) is 2.89. The summed E-state index contributed by atoms with van der Waals surface area (Å²) >= 11 is 7.93. The number of nitrogens with zero attached hydrogens (tertiary/aromatic N) is 3. The molecule has 33 heavy (non-hydrogen) atoms. The minimum atomic E-state index is -0.305. The Hall–Kier alpha value is -3.22. The van der Waals surface area contributed by atoms with Gasteiger partial charge in [-0.05, 0) is 47.5 Å². The average Bonchev–Trinajstić information content (AvgIpc) is 2.87.